The predicted molar refractivity (Wildman–Crippen MR) is 131 cm³/mol. The van der Waals surface area contributed by atoms with E-state index in [0.717, 1.165) is 16.9 Å². The van der Waals surface area contributed by atoms with Gasteiger partial charge in [0.2, 0.25) is 5.91 Å². The third kappa shape index (κ3) is 3.99. The molecule has 0 N–H and O–H groups in total. The molecular formula is C23H24N6O2S. The summed E-state index contributed by atoms with van der Waals surface area (Å²) in [5.74, 6) is 0.0238. The number of hydrogen-bond donors (Lipinski definition) is 0. The summed E-state index contributed by atoms with van der Waals surface area (Å²) in [6.45, 7) is 1.82. The number of hydrogen-bond acceptors (Lipinski definition) is 6. The zero-order valence-corrected chi connectivity index (χ0v) is 19.2. The highest BCUT2D eigenvalue weighted by Crippen LogP contribution is 2.28. The van der Waals surface area contributed by atoms with Crippen molar-refractivity contribution in [1.29, 1.82) is 0 Å². The Morgan fingerprint density at radius 3 is 2.38 bits per heavy atom. The highest BCUT2D eigenvalue weighted by atomic mass is 32.2. The summed E-state index contributed by atoms with van der Waals surface area (Å²) < 4.78 is 3.30. The van der Waals surface area contributed by atoms with Gasteiger partial charge in [-0.05, 0) is 36.8 Å². The van der Waals surface area contributed by atoms with Gasteiger partial charge in [-0.3, -0.25) is 14.3 Å². The van der Waals surface area contributed by atoms with Crippen molar-refractivity contribution in [2.45, 2.75) is 6.92 Å². The van der Waals surface area contributed by atoms with E-state index in [1.54, 1.807) is 22.6 Å². The number of amidine groups is 1. The Hall–Kier alpha value is -3.59. The van der Waals surface area contributed by atoms with Gasteiger partial charge < -0.3 is 4.90 Å². The van der Waals surface area contributed by atoms with Gasteiger partial charge in [-0.2, -0.15) is 5.10 Å². The van der Waals surface area contributed by atoms with Crippen LogP contribution >= 0.6 is 11.8 Å². The lowest BCUT2D eigenvalue weighted by Gasteiger charge is -2.13. The zero-order valence-electron chi connectivity index (χ0n) is 18.4. The third-order valence-corrected chi connectivity index (χ3v) is 6.19. The van der Waals surface area contributed by atoms with Gasteiger partial charge >= 0.3 is 0 Å². The highest BCUT2D eigenvalue weighted by Gasteiger charge is 2.35. The minimum Gasteiger partial charge on any atom is -0.378 e. The summed E-state index contributed by atoms with van der Waals surface area (Å²) in [6, 6.07) is 17.2. The lowest BCUT2D eigenvalue weighted by atomic mass is 10.2. The number of para-hydroxylation sites is 1. The maximum atomic E-state index is 13.3. The molecule has 32 heavy (non-hydrogen) atoms. The van der Waals surface area contributed by atoms with Crippen LogP contribution in [0.25, 0.3) is 5.69 Å². The molecule has 0 unspecified atom stereocenters. The number of nitrogens with zero attached hydrogens (tertiary/aromatic N) is 6. The van der Waals surface area contributed by atoms with Crippen LogP contribution in [0.15, 0.2) is 69.6 Å². The molecule has 1 aromatic heterocycles. The molecule has 164 valence electrons. The summed E-state index contributed by atoms with van der Waals surface area (Å²) in [5, 5.41) is 8.83. The number of rotatable bonds is 5. The van der Waals surface area contributed by atoms with E-state index < -0.39 is 0 Å². The van der Waals surface area contributed by atoms with Gasteiger partial charge in [0.15, 0.2) is 5.17 Å². The topological polar surface area (TPSA) is 75.2 Å². The van der Waals surface area contributed by atoms with Gasteiger partial charge in [-0.15, -0.1) is 5.10 Å². The molecule has 1 fully saturated rings. The second kappa shape index (κ2) is 8.88. The van der Waals surface area contributed by atoms with Crippen LogP contribution in [0.1, 0.15) is 11.3 Å². The van der Waals surface area contributed by atoms with Gasteiger partial charge in [-0.1, -0.05) is 42.1 Å². The molecule has 2 heterocycles. The van der Waals surface area contributed by atoms with Crippen LogP contribution in [-0.2, 0) is 11.8 Å². The Balaban J connectivity index is 1.67. The van der Waals surface area contributed by atoms with Crippen molar-refractivity contribution in [2.24, 2.45) is 17.3 Å². The molecular weight excluding hydrogens is 424 g/mol. The van der Waals surface area contributed by atoms with Crippen molar-refractivity contribution < 1.29 is 4.79 Å². The van der Waals surface area contributed by atoms with E-state index in [4.69, 9.17) is 0 Å². The summed E-state index contributed by atoms with van der Waals surface area (Å²) >= 11 is 1.27. The van der Waals surface area contributed by atoms with Crippen LogP contribution in [-0.4, -0.2) is 46.5 Å². The molecule has 0 bridgehead atoms. The SMILES string of the molecule is Cc1c(N2C(=O)CS/C2=N/N=C\c2ccc(N(C)C)cc2)c(=O)n(-c2ccccc2)n1C. The fourth-order valence-electron chi connectivity index (χ4n) is 3.47. The molecule has 0 atom stereocenters. The second-order valence-corrected chi connectivity index (χ2v) is 8.48. The molecule has 0 aliphatic carbocycles. The van der Waals surface area contributed by atoms with Gasteiger partial charge in [0.25, 0.3) is 5.56 Å². The van der Waals surface area contributed by atoms with E-state index in [-0.39, 0.29) is 17.2 Å². The largest absolute Gasteiger partial charge is 0.378 e. The van der Waals surface area contributed by atoms with Gasteiger partial charge in [0, 0.05) is 26.8 Å². The van der Waals surface area contributed by atoms with Crippen molar-refractivity contribution >= 4 is 40.4 Å². The lowest BCUT2D eigenvalue weighted by molar-refractivity contribution is -0.115. The molecule has 2 aromatic carbocycles. The second-order valence-electron chi connectivity index (χ2n) is 7.54. The molecule has 8 nitrogen and oxygen atoms in total. The standard InChI is InChI=1S/C23H24N6O2S/c1-16-21(22(31)29(27(16)4)19-8-6-5-7-9-19)28-20(30)15-32-23(28)25-24-14-17-10-12-18(13-11-17)26(2)3/h5-14H,15H2,1-4H3/b24-14-,25-23+. The fourth-order valence-corrected chi connectivity index (χ4v) is 4.28. The first kappa shape index (κ1) is 21.6. The number of anilines is 2. The number of benzene rings is 2. The molecule has 4 rings (SSSR count). The van der Waals surface area contributed by atoms with Crippen molar-refractivity contribution in [3.63, 3.8) is 0 Å². The number of thioether (sulfide) groups is 1. The van der Waals surface area contributed by atoms with Crippen LogP contribution < -0.4 is 15.4 Å². The van der Waals surface area contributed by atoms with Crippen LogP contribution in [0, 0.1) is 6.92 Å². The Morgan fingerprint density at radius 1 is 1.03 bits per heavy atom. The average molecular weight is 449 g/mol. The van der Waals surface area contributed by atoms with Crippen LogP contribution in [0.2, 0.25) is 0 Å². The maximum absolute atomic E-state index is 13.3. The zero-order chi connectivity index (χ0) is 22.8. The number of amides is 1. The van der Waals surface area contributed by atoms with E-state index in [1.165, 1.54) is 16.7 Å². The molecule has 0 spiro atoms. The minimum atomic E-state index is -0.275. The van der Waals surface area contributed by atoms with Crippen molar-refractivity contribution in [2.75, 3.05) is 29.6 Å². The van der Waals surface area contributed by atoms with E-state index in [9.17, 15) is 9.59 Å². The molecule has 0 radical (unpaired) electrons. The first-order chi connectivity index (χ1) is 15.4. The number of carbonyl (C=O) groups is 1. The van der Waals surface area contributed by atoms with E-state index >= 15 is 0 Å². The Bertz CT molecular complexity index is 1260. The molecule has 1 amide bonds. The van der Waals surface area contributed by atoms with Gasteiger partial charge in [0.05, 0.1) is 23.3 Å². The highest BCUT2D eigenvalue weighted by molar-refractivity contribution is 8.15. The Kier molecular flexibility index (Phi) is 6.00. The van der Waals surface area contributed by atoms with Crippen molar-refractivity contribution in [3.8, 4) is 5.69 Å². The predicted octanol–water partition coefficient (Wildman–Crippen LogP) is 3.02. The summed E-state index contributed by atoms with van der Waals surface area (Å²) in [5.41, 5.74) is 3.41. The van der Waals surface area contributed by atoms with Gasteiger partial charge in [-0.25, -0.2) is 9.58 Å². The van der Waals surface area contributed by atoms with E-state index in [2.05, 4.69) is 10.2 Å². The molecule has 3 aromatic rings. The molecule has 1 aliphatic heterocycles. The molecule has 1 aliphatic rings. The minimum absolute atomic E-state index is 0.190. The van der Waals surface area contributed by atoms with E-state index in [1.807, 2.05) is 80.5 Å². The monoisotopic (exact) mass is 448 g/mol. The molecule has 0 saturated carbocycles. The smallest absolute Gasteiger partial charge is 0.296 e. The summed E-state index contributed by atoms with van der Waals surface area (Å²) in [7, 11) is 5.76. The first-order valence-electron chi connectivity index (χ1n) is 10.1. The van der Waals surface area contributed by atoms with Crippen molar-refractivity contribution in [1.82, 2.24) is 9.36 Å². The average Bonchev–Trinajstić information content (AvgIpc) is 3.25. The lowest BCUT2D eigenvalue weighted by Crippen LogP contribution is -2.34. The fraction of sp³-hybridized carbons (Fsp3) is 0.217. The van der Waals surface area contributed by atoms with Crippen molar-refractivity contribution in [3.05, 3.63) is 76.2 Å². The van der Waals surface area contributed by atoms with Gasteiger partial charge in [0.1, 0.15) is 5.69 Å². The third-order valence-electron chi connectivity index (χ3n) is 5.27. The van der Waals surface area contributed by atoms with E-state index in [0.29, 0.717) is 16.5 Å². The Labute approximate surface area is 190 Å². The van der Waals surface area contributed by atoms with Crippen LogP contribution in [0.5, 0.6) is 0 Å². The normalized spacial score (nSPS) is 15.3. The molecule has 1 saturated heterocycles. The summed E-state index contributed by atoms with van der Waals surface area (Å²) in [4.78, 5) is 29.4. The van der Waals surface area contributed by atoms with Crippen LogP contribution in [0.4, 0.5) is 11.4 Å². The first-order valence-corrected chi connectivity index (χ1v) is 11.0. The van der Waals surface area contributed by atoms with Crippen LogP contribution in [0.3, 0.4) is 0 Å². The quantitative estimate of drug-likeness (QED) is 0.444. The molecule has 9 heteroatoms. The maximum Gasteiger partial charge on any atom is 0.296 e. The summed E-state index contributed by atoms with van der Waals surface area (Å²) in [6.07, 6.45) is 1.63. The number of carbonyl (C=O) groups excluding carboxylic acids is 1. The Morgan fingerprint density at radius 2 is 1.72 bits per heavy atom. The number of aromatic nitrogens is 2.